The molecule has 0 bridgehead atoms. The van der Waals surface area contributed by atoms with Gasteiger partial charge >= 0.3 is 0 Å². The van der Waals surface area contributed by atoms with Gasteiger partial charge < -0.3 is 4.90 Å². The molecule has 1 aromatic carbocycles. The van der Waals surface area contributed by atoms with E-state index in [1.54, 1.807) is 0 Å². The topological polar surface area (TPSA) is 3.24 Å². The fourth-order valence-corrected chi connectivity index (χ4v) is 2.39. The van der Waals surface area contributed by atoms with Gasteiger partial charge in [-0.15, -0.1) is 0 Å². The third kappa shape index (κ3) is 4.01. The molecule has 2 rings (SSSR count). The van der Waals surface area contributed by atoms with Gasteiger partial charge in [-0.2, -0.15) is 0 Å². The van der Waals surface area contributed by atoms with Crippen LogP contribution in [0.15, 0.2) is 36.4 Å². The maximum atomic E-state index is 2.58. The van der Waals surface area contributed by atoms with Crippen molar-refractivity contribution in [2.75, 3.05) is 19.6 Å². The first-order chi connectivity index (χ1) is 8.38. The SMILES string of the molecule is C/C=C\Cc1ccc(CCN2CCCC2)cc1. The molecule has 17 heavy (non-hydrogen) atoms. The molecule has 0 atom stereocenters. The van der Waals surface area contributed by atoms with Crippen molar-refractivity contribution in [3.63, 3.8) is 0 Å². The van der Waals surface area contributed by atoms with E-state index in [1.165, 1.54) is 50.0 Å². The fourth-order valence-electron chi connectivity index (χ4n) is 2.39. The first kappa shape index (κ1) is 12.4. The minimum Gasteiger partial charge on any atom is -0.303 e. The predicted molar refractivity (Wildman–Crippen MR) is 74.3 cm³/mol. The van der Waals surface area contributed by atoms with Gasteiger partial charge in [0.1, 0.15) is 0 Å². The van der Waals surface area contributed by atoms with E-state index in [0.29, 0.717) is 0 Å². The van der Waals surface area contributed by atoms with Crippen LogP contribution in [0.5, 0.6) is 0 Å². The third-order valence-corrected chi connectivity index (χ3v) is 3.53. The van der Waals surface area contributed by atoms with Gasteiger partial charge in [0.05, 0.1) is 0 Å². The van der Waals surface area contributed by atoms with Crippen LogP contribution in [0, 0.1) is 0 Å². The van der Waals surface area contributed by atoms with Crippen LogP contribution in [0.4, 0.5) is 0 Å². The van der Waals surface area contributed by atoms with Crippen molar-refractivity contribution < 1.29 is 0 Å². The van der Waals surface area contributed by atoms with Gasteiger partial charge in [0.25, 0.3) is 0 Å². The largest absolute Gasteiger partial charge is 0.303 e. The summed E-state index contributed by atoms with van der Waals surface area (Å²) in [4.78, 5) is 2.58. The molecule has 0 spiro atoms. The Morgan fingerprint density at radius 1 is 1.06 bits per heavy atom. The highest BCUT2D eigenvalue weighted by atomic mass is 15.1. The second-order valence-electron chi connectivity index (χ2n) is 4.89. The lowest BCUT2D eigenvalue weighted by molar-refractivity contribution is 0.343. The molecule has 0 aliphatic carbocycles. The van der Waals surface area contributed by atoms with Crippen molar-refractivity contribution in [3.8, 4) is 0 Å². The molecule has 0 amide bonds. The van der Waals surface area contributed by atoms with Gasteiger partial charge in [-0.3, -0.25) is 0 Å². The summed E-state index contributed by atoms with van der Waals surface area (Å²) >= 11 is 0. The van der Waals surface area contributed by atoms with Gasteiger partial charge in [0, 0.05) is 6.54 Å². The van der Waals surface area contributed by atoms with Gasteiger partial charge in [0.2, 0.25) is 0 Å². The summed E-state index contributed by atoms with van der Waals surface area (Å²) in [6.45, 7) is 5.91. The van der Waals surface area contributed by atoms with Crippen LogP contribution >= 0.6 is 0 Å². The number of rotatable bonds is 5. The predicted octanol–water partition coefficient (Wildman–Crippen LogP) is 3.44. The molecule has 0 aromatic heterocycles. The molecule has 1 heterocycles. The van der Waals surface area contributed by atoms with Crippen LogP contribution in [0.1, 0.15) is 30.9 Å². The molecule has 1 fully saturated rings. The summed E-state index contributed by atoms with van der Waals surface area (Å²) < 4.78 is 0. The Bertz CT molecular complexity index is 344. The smallest absolute Gasteiger partial charge is 0.00218 e. The molecule has 1 heteroatoms. The molecular weight excluding hydrogens is 206 g/mol. The summed E-state index contributed by atoms with van der Waals surface area (Å²) in [6, 6.07) is 9.10. The second-order valence-corrected chi connectivity index (χ2v) is 4.89. The van der Waals surface area contributed by atoms with Crippen LogP contribution < -0.4 is 0 Å². The lowest BCUT2D eigenvalue weighted by atomic mass is 10.1. The number of allylic oxidation sites excluding steroid dienone is 2. The molecule has 0 radical (unpaired) electrons. The molecule has 92 valence electrons. The second kappa shape index (κ2) is 6.61. The average molecular weight is 229 g/mol. The van der Waals surface area contributed by atoms with Crippen molar-refractivity contribution in [1.29, 1.82) is 0 Å². The van der Waals surface area contributed by atoms with Gasteiger partial charge in [-0.1, -0.05) is 36.4 Å². The van der Waals surface area contributed by atoms with Crippen LogP contribution in [0.3, 0.4) is 0 Å². The Morgan fingerprint density at radius 2 is 1.71 bits per heavy atom. The molecule has 1 nitrogen and oxygen atoms in total. The number of hydrogen-bond acceptors (Lipinski definition) is 1. The Labute approximate surface area is 105 Å². The van der Waals surface area contributed by atoms with E-state index in [0.717, 1.165) is 6.42 Å². The van der Waals surface area contributed by atoms with Crippen molar-refractivity contribution in [2.45, 2.75) is 32.6 Å². The van der Waals surface area contributed by atoms with E-state index >= 15 is 0 Å². The normalized spacial score (nSPS) is 17.0. The van der Waals surface area contributed by atoms with Crippen LogP contribution in [0.2, 0.25) is 0 Å². The van der Waals surface area contributed by atoms with E-state index in [-0.39, 0.29) is 0 Å². The molecule has 1 aromatic rings. The average Bonchev–Trinajstić information content (AvgIpc) is 2.88. The Morgan fingerprint density at radius 3 is 2.35 bits per heavy atom. The standard InChI is InChI=1S/C16H23N/c1-2-3-6-15-7-9-16(10-8-15)11-14-17-12-4-5-13-17/h2-3,7-10H,4-6,11-14H2,1H3/b3-2-. The van der Waals surface area contributed by atoms with Gasteiger partial charge in [-0.25, -0.2) is 0 Å². The summed E-state index contributed by atoms with van der Waals surface area (Å²) in [5, 5.41) is 0. The zero-order valence-electron chi connectivity index (χ0n) is 10.9. The third-order valence-electron chi connectivity index (χ3n) is 3.53. The van der Waals surface area contributed by atoms with E-state index < -0.39 is 0 Å². The van der Waals surface area contributed by atoms with Crippen molar-refractivity contribution in [3.05, 3.63) is 47.5 Å². The fraction of sp³-hybridized carbons (Fsp3) is 0.500. The van der Waals surface area contributed by atoms with Crippen molar-refractivity contribution >= 4 is 0 Å². The maximum Gasteiger partial charge on any atom is 0.00218 e. The van der Waals surface area contributed by atoms with Gasteiger partial charge in [-0.05, 0) is 56.8 Å². The molecule has 1 aliphatic rings. The molecule has 0 N–H and O–H groups in total. The maximum absolute atomic E-state index is 2.58. The Balaban J connectivity index is 1.80. The number of likely N-dealkylation sites (tertiary alicyclic amines) is 1. The molecule has 0 saturated carbocycles. The Hall–Kier alpha value is -1.08. The first-order valence-corrected chi connectivity index (χ1v) is 6.80. The van der Waals surface area contributed by atoms with Crippen LogP contribution in [-0.2, 0) is 12.8 Å². The number of hydrogen-bond donors (Lipinski definition) is 0. The highest BCUT2D eigenvalue weighted by Crippen LogP contribution is 2.10. The van der Waals surface area contributed by atoms with E-state index in [2.05, 4.69) is 48.2 Å². The highest BCUT2D eigenvalue weighted by molar-refractivity contribution is 5.24. The zero-order valence-corrected chi connectivity index (χ0v) is 10.9. The molecule has 1 saturated heterocycles. The number of benzene rings is 1. The van der Waals surface area contributed by atoms with Crippen molar-refractivity contribution in [1.82, 2.24) is 4.90 Å². The zero-order chi connectivity index (χ0) is 11.9. The minimum absolute atomic E-state index is 1.06. The van der Waals surface area contributed by atoms with E-state index in [4.69, 9.17) is 0 Å². The lowest BCUT2D eigenvalue weighted by Gasteiger charge is -2.14. The van der Waals surface area contributed by atoms with E-state index in [1.807, 2.05) is 0 Å². The molecule has 0 unspecified atom stereocenters. The van der Waals surface area contributed by atoms with E-state index in [9.17, 15) is 0 Å². The van der Waals surface area contributed by atoms with Crippen LogP contribution in [-0.4, -0.2) is 24.5 Å². The Kier molecular flexibility index (Phi) is 4.81. The van der Waals surface area contributed by atoms with Gasteiger partial charge in [0.15, 0.2) is 0 Å². The molecule has 1 aliphatic heterocycles. The monoisotopic (exact) mass is 229 g/mol. The van der Waals surface area contributed by atoms with Crippen molar-refractivity contribution in [2.24, 2.45) is 0 Å². The summed E-state index contributed by atoms with van der Waals surface area (Å²) in [6.07, 6.45) is 9.36. The summed E-state index contributed by atoms with van der Waals surface area (Å²) in [5.74, 6) is 0. The lowest BCUT2D eigenvalue weighted by Crippen LogP contribution is -2.21. The summed E-state index contributed by atoms with van der Waals surface area (Å²) in [5.41, 5.74) is 2.88. The first-order valence-electron chi connectivity index (χ1n) is 6.80. The molecular formula is C16H23N. The quantitative estimate of drug-likeness (QED) is 0.699. The highest BCUT2D eigenvalue weighted by Gasteiger charge is 2.10. The summed E-state index contributed by atoms with van der Waals surface area (Å²) in [7, 11) is 0. The minimum atomic E-state index is 1.06. The number of nitrogens with zero attached hydrogens (tertiary/aromatic N) is 1. The van der Waals surface area contributed by atoms with Crippen LogP contribution in [0.25, 0.3) is 0 Å².